The molecule has 1 heterocycles. The molecular weight excluding hydrogens is 444 g/mol. The van der Waals surface area contributed by atoms with Crippen LogP contribution in [-0.4, -0.2) is 64.1 Å². The average Bonchev–Trinajstić information content (AvgIpc) is 2.79. The van der Waals surface area contributed by atoms with Crippen molar-refractivity contribution in [2.24, 2.45) is 0 Å². The highest BCUT2D eigenvalue weighted by molar-refractivity contribution is 7.89. The van der Waals surface area contributed by atoms with E-state index < -0.39 is 28.0 Å². The maximum Gasteiger partial charge on any atom is 0.340 e. The third kappa shape index (κ3) is 5.24. The Bertz CT molecular complexity index is 1050. The predicted molar refractivity (Wildman–Crippen MR) is 116 cm³/mol. The quantitative estimate of drug-likeness (QED) is 0.607. The molecule has 2 aromatic carbocycles. The van der Waals surface area contributed by atoms with E-state index >= 15 is 0 Å². The normalized spacial score (nSPS) is 15.8. The van der Waals surface area contributed by atoms with Crippen LogP contribution in [-0.2, 0) is 24.3 Å². The number of ether oxygens (including phenoxy) is 2. The van der Waals surface area contributed by atoms with Gasteiger partial charge >= 0.3 is 5.97 Å². The number of nitrogens with zero attached hydrogens (tertiary/aromatic N) is 2. The average molecular weight is 467 g/mol. The summed E-state index contributed by atoms with van der Waals surface area (Å²) in [5.41, 5.74) is 0.519. The monoisotopic (exact) mass is 466 g/mol. The van der Waals surface area contributed by atoms with Crippen LogP contribution in [0.5, 0.6) is 0 Å². The number of sulfonamides is 1. The van der Waals surface area contributed by atoms with Gasteiger partial charge < -0.3 is 14.4 Å². The summed E-state index contributed by atoms with van der Waals surface area (Å²) in [5, 5.41) is 0.0296. The number of carbonyl (C=O) groups excluding carboxylic acids is 2. The molecule has 1 atom stereocenters. The molecule has 31 heavy (non-hydrogen) atoms. The highest BCUT2D eigenvalue weighted by Crippen LogP contribution is 2.25. The first-order valence-electron chi connectivity index (χ1n) is 9.63. The smallest absolute Gasteiger partial charge is 0.340 e. The Labute approximate surface area is 186 Å². The second-order valence-corrected chi connectivity index (χ2v) is 9.28. The second kappa shape index (κ2) is 9.78. The Morgan fingerprint density at radius 1 is 1.13 bits per heavy atom. The number of esters is 1. The molecule has 2 aromatic rings. The number of hydrogen-bond acceptors (Lipinski definition) is 6. The van der Waals surface area contributed by atoms with Crippen LogP contribution in [0.15, 0.2) is 53.4 Å². The van der Waals surface area contributed by atoms with Gasteiger partial charge in [0.1, 0.15) is 0 Å². The van der Waals surface area contributed by atoms with Crippen LogP contribution in [0.25, 0.3) is 0 Å². The summed E-state index contributed by atoms with van der Waals surface area (Å²) < 4.78 is 37.5. The van der Waals surface area contributed by atoms with Gasteiger partial charge in [-0.15, -0.1) is 0 Å². The molecule has 0 N–H and O–H groups in total. The molecular formula is C21H23ClN2O6S. The zero-order valence-corrected chi connectivity index (χ0v) is 18.7. The van der Waals surface area contributed by atoms with Crippen molar-refractivity contribution in [2.45, 2.75) is 17.9 Å². The Morgan fingerprint density at radius 3 is 2.42 bits per heavy atom. The number of rotatable bonds is 6. The SMILES string of the molecule is CC(OC(=O)c1cc(S(=O)(=O)N2CCOCC2)ccc1Cl)C(=O)N(C)c1ccccc1. The fourth-order valence-electron chi connectivity index (χ4n) is 3.08. The Morgan fingerprint density at radius 2 is 1.77 bits per heavy atom. The summed E-state index contributed by atoms with van der Waals surface area (Å²) in [5.74, 6) is -1.32. The number of hydrogen-bond donors (Lipinski definition) is 0. The Balaban J connectivity index is 1.77. The fraction of sp³-hybridized carbons (Fsp3) is 0.333. The minimum Gasteiger partial charge on any atom is -0.449 e. The summed E-state index contributed by atoms with van der Waals surface area (Å²) >= 11 is 6.12. The van der Waals surface area contributed by atoms with Crippen LogP contribution >= 0.6 is 11.6 Å². The van der Waals surface area contributed by atoms with Crippen molar-refractivity contribution in [3.63, 3.8) is 0 Å². The third-order valence-electron chi connectivity index (χ3n) is 4.87. The topological polar surface area (TPSA) is 93.2 Å². The van der Waals surface area contributed by atoms with Crippen LogP contribution in [0.3, 0.4) is 0 Å². The van der Waals surface area contributed by atoms with Crippen molar-refractivity contribution < 1.29 is 27.5 Å². The first-order valence-corrected chi connectivity index (χ1v) is 11.4. The Kier molecular flexibility index (Phi) is 7.32. The molecule has 1 aliphatic heterocycles. The molecule has 0 aromatic heterocycles. The van der Waals surface area contributed by atoms with Crippen molar-refractivity contribution in [3.8, 4) is 0 Å². The molecule has 1 unspecified atom stereocenters. The van der Waals surface area contributed by atoms with Crippen LogP contribution in [0, 0.1) is 0 Å². The largest absolute Gasteiger partial charge is 0.449 e. The van der Waals surface area contributed by atoms with Gasteiger partial charge in [0, 0.05) is 25.8 Å². The number of anilines is 1. The van der Waals surface area contributed by atoms with Gasteiger partial charge in [0.25, 0.3) is 5.91 Å². The van der Waals surface area contributed by atoms with Gasteiger partial charge in [-0.05, 0) is 37.3 Å². The van der Waals surface area contributed by atoms with Gasteiger partial charge in [0.15, 0.2) is 6.10 Å². The number of morpholine rings is 1. The summed E-state index contributed by atoms with van der Waals surface area (Å²) in [6.45, 7) is 2.50. The maximum absolute atomic E-state index is 12.9. The summed E-state index contributed by atoms with van der Waals surface area (Å²) in [7, 11) is -2.24. The van der Waals surface area contributed by atoms with Crippen molar-refractivity contribution in [1.82, 2.24) is 4.31 Å². The van der Waals surface area contributed by atoms with E-state index in [0.717, 1.165) is 0 Å². The molecule has 0 aliphatic carbocycles. The summed E-state index contributed by atoms with van der Waals surface area (Å²) in [4.78, 5) is 26.6. The summed E-state index contributed by atoms with van der Waals surface area (Å²) in [6.07, 6.45) is -1.10. The fourth-order valence-corrected chi connectivity index (χ4v) is 4.71. The van der Waals surface area contributed by atoms with Crippen LogP contribution < -0.4 is 4.90 Å². The highest BCUT2D eigenvalue weighted by Gasteiger charge is 2.29. The van der Waals surface area contributed by atoms with E-state index in [0.29, 0.717) is 18.9 Å². The zero-order valence-electron chi connectivity index (χ0n) is 17.2. The van der Waals surface area contributed by atoms with E-state index in [-0.39, 0.29) is 28.6 Å². The zero-order chi connectivity index (χ0) is 22.6. The maximum atomic E-state index is 12.9. The second-order valence-electron chi connectivity index (χ2n) is 6.94. The molecule has 8 nitrogen and oxygen atoms in total. The number of halogens is 1. The number of likely N-dealkylation sites (N-methyl/N-ethyl adjacent to an activating group) is 1. The van der Waals surface area contributed by atoms with E-state index in [1.165, 1.54) is 34.3 Å². The molecule has 10 heteroatoms. The minimum atomic E-state index is -3.82. The lowest BCUT2D eigenvalue weighted by Gasteiger charge is -2.26. The first-order chi connectivity index (χ1) is 14.7. The molecule has 1 fully saturated rings. The van der Waals surface area contributed by atoms with E-state index in [1.54, 1.807) is 31.3 Å². The van der Waals surface area contributed by atoms with Crippen molar-refractivity contribution in [3.05, 3.63) is 59.1 Å². The van der Waals surface area contributed by atoms with Crippen LogP contribution in [0.2, 0.25) is 5.02 Å². The third-order valence-corrected chi connectivity index (χ3v) is 7.10. The van der Waals surface area contributed by atoms with Gasteiger partial charge in [-0.3, -0.25) is 4.79 Å². The Hall–Kier alpha value is -2.46. The molecule has 0 saturated carbocycles. The molecule has 1 aliphatic rings. The molecule has 0 radical (unpaired) electrons. The van der Waals surface area contributed by atoms with E-state index in [9.17, 15) is 18.0 Å². The van der Waals surface area contributed by atoms with E-state index in [1.807, 2.05) is 6.07 Å². The molecule has 0 bridgehead atoms. The predicted octanol–water partition coefficient (Wildman–Crippen LogP) is 2.57. The van der Waals surface area contributed by atoms with E-state index in [2.05, 4.69) is 0 Å². The minimum absolute atomic E-state index is 0.0296. The van der Waals surface area contributed by atoms with Gasteiger partial charge in [-0.2, -0.15) is 4.31 Å². The summed E-state index contributed by atoms with van der Waals surface area (Å²) in [6, 6.07) is 12.7. The first kappa shape index (κ1) is 23.2. The molecule has 1 saturated heterocycles. The van der Waals surface area contributed by atoms with Crippen LogP contribution in [0.4, 0.5) is 5.69 Å². The standard InChI is InChI=1S/C21H23ClN2O6S/c1-15(20(25)23(2)16-6-4-3-5-7-16)30-21(26)18-14-17(8-9-19(18)22)31(27,28)24-10-12-29-13-11-24/h3-9,14-15H,10-13H2,1-2H3. The van der Waals surface area contributed by atoms with Gasteiger partial charge in [-0.25, -0.2) is 13.2 Å². The van der Waals surface area contributed by atoms with E-state index in [4.69, 9.17) is 21.1 Å². The molecule has 0 spiro atoms. The molecule has 166 valence electrons. The molecule has 1 amide bonds. The van der Waals surface area contributed by atoms with Crippen molar-refractivity contribution in [2.75, 3.05) is 38.3 Å². The molecule has 3 rings (SSSR count). The van der Waals surface area contributed by atoms with Crippen LogP contribution in [0.1, 0.15) is 17.3 Å². The van der Waals surface area contributed by atoms with Crippen molar-refractivity contribution >= 4 is 39.2 Å². The lowest BCUT2D eigenvalue weighted by atomic mass is 10.2. The number of carbonyl (C=O) groups is 2. The lowest BCUT2D eigenvalue weighted by molar-refractivity contribution is -0.126. The van der Waals surface area contributed by atoms with Gasteiger partial charge in [0.05, 0.1) is 28.7 Å². The number of benzene rings is 2. The van der Waals surface area contributed by atoms with Gasteiger partial charge in [-0.1, -0.05) is 29.8 Å². The number of amides is 1. The number of para-hydroxylation sites is 1. The van der Waals surface area contributed by atoms with Gasteiger partial charge in [0.2, 0.25) is 10.0 Å². The highest BCUT2D eigenvalue weighted by atomic mass is 35.5. The lowest BCUT2D eigenvalue weighted by Crippen LogP contribution is -2.40. The van der Waals surface area contributed by atoms with Crippen molar-refractivity contribution in [1.29, 1.82) is 0 Å².